The van der Waals surface area contributed by atoms with E-state index in [2.05, 4.69) is 60.7 Å². The monoisotopic (exact) mass is 274 g/mol. The number of rotatable bonds is 5. The molecule has 102 valence electrons. The third-order valence-corrected chi connectivity index (χ3v) is 4.13. The molecule has 0 aliphatic rings. The zero-order valence-corrected chi connectivity index (χ0v) is 12.9. The third-order valence-electron chi connectivity index (χ3n) is 3.34. The molecule has 2 nitrogen and oxygen atoms in total. The number of nitrogens with one attached hydrogen (secondary N) is 1. The zero-order chi connectivity index (χ0) is 13.8. The molecule has 0 radical (unpaired) electrons. The number of aromatic nitrogens is 1. The Hall–Kier alpha value is -1.19. The molecule has 0 saturated heterocycles. The Balaban J connectivity index is 1.91. The van der Waals surface area contributed by atoms with Crippen molar-refractivity contribution in [2.45, 2.75) is 46.2 Å². The molecule has 0 spiro atoms. The lowest BCUT2D eigenvalue weighted by atomic mass is 10.0. The molecule has 1 aromatic carbocycles. The van der Waals surface area contributed by atoms with E-state index >= 15 is 0 Å². The van der Waals surface area contributed by atoms with Gasteiger partial charge in [-0.3, -0.25) is 0 Å². The number of aryl methyl sites for hydroxylation is 1. The molecule has 0 aliphatic heterocycles. The molecule has 0 saturated carbocycles. The first-order chi connectivity index (χ1) is 9.06. The molecule has 2 rings (SSSR count). The summed E-state index contributed by atoms with van der Waals surface area (Å²) in [7, 11) is 0. The maximum absolute atomic E-state index is 4.52. The van der Waals surface area contributed by atoms with Crippen molar-refractivity contribution in [2.24, 2.45) is 0 Å². The average molecular weight is 274 g/mol. The van der Waals surface area contributed by atoms with Crippen molar-refractivity contribution >= 4 is 11.3 Å². The highest BCUT2D eigenvalue weighted by atomic mass is 32.1. The second-order valence-electron chi connectivity index (χ2n) is 5.29. The SMILES string of the molecule is Cc1nc(C(C)NCc2ccc(C(C)C)cc2)cs1. The summed E-state index contributed by atoms with van der Waals surface area (Å²) in [4.78, 5) is 4.52. The normalized spacial score (nSPS) is 12.9. The molecule has 1 N–H and O–H groups in total. The van der Waals surface area contributed by atoms with Crippen LogP contribution in [0.3, 0.4) is 0 Å². The number of hydrogen-bond donors (Lipinski definition) is 1. The molecule has 0 bridgehead atoms. The van der Waals surface area contributed by atoms with E-state index in [4.69, 9.17) is 0 Å². The number of hydrogen-bond acceptors (Lipinski definition) is 3. The van der Waals surface area contributed by atoms with Gasteiger partial charge in [0.15, 0.2) is 0 Å². The van der Waals surface area contributed by atoms with Crippen LogP contribution >= 0.6 is 11.3 Å². The van der Waals surface area contributed by atoms with Crippen molar-refractivity contribution < 1.29 is 0 Å². The first kappa shape index (κ1) is 14.2. The average Bonchev–Trinajstić information content (AvgIpc) is 2.83. The molecular formula is C16H22N2S. The molecule has 1 atom stereocenters. The highest BCUT2D eigenvalue weighted by Gasteiger charge is 2.08. The largest absolute Gasteiger partial charge is 0.305 e. The van der Waals surface area contributed by atoms with Crippen LogP contribution in [0.5, 0.6) is 0 Å². The Labute approximate surface area is 119 Å². The molecule has 3 heteroatoms. The Morgan fingerprint density at radius 1 is 1.16 bits per heavy atom. The van der Waals surface area contributed by atoms with Crippen molar-refractivity contribution in [2.75, 3.05) is 0 Å². The molecule has 0 fully saturated rings. The van der Waals surface area contributed by atoms with Gasteiger partial charge in [-0.25, -0.2) is 4.98 Å². The molecule has 0 amide bonds. The van der Waals surface area contributed by atoms with Crippen LogP contribution < -0.4 is 5.32 Å². The van der Waals surface area contributed by atoms with Crippen LogP contribution in [0.1, 0.15) is 54.6 Å². The first-order valence-electron chi connectivity index (χ1n) is 6.80. The van der Waals surface area contributed by atoms with E-state index in [0.717, 1.165) is 17.2 Å². The van der Waals surface area contributed by atoms with Gasteiger partial charge in [0.1, 0.15) is 0 Å². The highest BCUT2D eigenvalue weighted by Crippen LogP contribution is 2.17. The second-order valence-corrected chi connectivity index (χ2v) is 6.35. The van der Waals surface area contributed by atoms with E-state index in [9.17, 15) is 0 Å². The minimum absolute atomic E-state index is 0.301. The summed E-state index contributed by atoms with van der Waals surface area (Å²) in [6.45, 7) is 9.54. The Morgan fingerprint density at radius 2 is 1.84 bits per heavy atom. The van der Waals surface area contributed by atoms with Gasteiger partial charge >= 0.3 is 0 Å². The predicted molar refractivity (Wildman–Crippen MR) is 82.6 cm³/mol. The van der Waals surface area contributed by atoms with Gasteiger partial charge in [-0.2, -0.15) is 0 Å². The maximum Gasteiger partial charge on any atom is 0.0898 e. The van der Waals surface area contributed by atoms with Crippen LogP contribution in [0.4, 0.5) is 0 Å². The summed E-state index contributed by atoms with van der Waals surface area (Å²) < 4.78 is 0. The third kappa shape index (κ3) is 3.88. The van der Waals surface area contributed by atoms with Crippen molar-refractivity contribution in [3.8, 4) is 0 Å². The van der Waals surface area contributed by atoms with E-state index in [-0.39, 0.29) is 0 Å². The topological polar surface area (TPSA) is 24.9 Å². The summed E-state index contributed by atoms with van der Waals surface area (Å²) in [6, 6.07) is 9.16. The molecule has 1 unspecified atom stereocenters. The van der Waals surface area contributed by atoms with Crippen LogP contribution in [-0.2, 0) is 6.54 Å². The molecule has 1 aromatic heterocycles. The van der Waals surface area contributed by atoms with E-state index in [1.165, 1.54) is 11.1 Å². The van der Waals surface area contributed by atoms with Gasteiger partial charge in [-0.1, -0.05) is 38.1 Å². The van der Waals surface area contributed by atoms with Crippen LogP contribution in [0.2, 0.25) is 0 Å². The fourth-order valence-electron chi connectivity index (χ4n) is 1.97. The van der Waals surface area contributed by atoms with E-state index in [1.807, 2.05) is 6.92 Å². The predicted octanol–water partition coefficient (Wildman–Crippen LogP) is 4.43. The van der Waals surface area contributed by atoms with Gasteiger partial charge in [-0.05, 0) is 30.9 Å². The van der Waals surface area contributed by atoms with Crippen LogP contribution in [0.25, 0.3) is 0 Å². The Morgan fingerprint density at radius 3 is 2.37 bits per heavy atom. The zero-order valence-electron chi connectivity index (χ0n) is 12.1. The molecule has 0 aliphatic carbocycles. The molecular weight excluding hydrogens is 252 g/mol. The summed E-state index contributed by atoms with van der Waals surface area (Å²) >= 11 is 1.71. The van der Waals surface area contributed by atoms with Crippen LogP contribution in [-0.4, -0.2) is 4.98 Å². The summed E-state index contributed by atoms with van der Waals surface area (Å²) in [5.41, 5.74) is 3.86. The van der Waals surface area contributed by atoms with Gasteiger partial charge in [-0.15, -0.1) is 11.3 Å². The second kappa shape index (κ2) is 6.31. The fourth-order valence-corrected chi connectivity index (χ4v) is 2.68. The van der Waals surface area contributed by atoms with Crippen molar-refractivity contribution in [3.05, 3.63) is 51.5 Å². The smallest absolute Gasteiger partial charge is 0.0898 e. The minimum Gasteiger partial charge on any atom is -0.305 e. The van der Waals surface area contributed by atoms with Gasteiger partial charge < -0.3 is 5.32 Å². The van der Waals surface area contributed by atoms with E-state index in [1.54, 1.807) is 11.3 Å². The van der Waals surface area contributed by atoms with Gasteiger partial charge in [0.25, 0.3) is 0 Å². The molecule has 19 heavy (non-hydrogen) atoms. The standard InChI is InChI=1S/C16H22N2S/c1-11(2)15-7-5-14(6-8-15)9-17-12(3)16-10-19-13(4)18-16/h5-8,10-12,17H,9H2,1-4H3. The summed E-state index contributed by atoms with van der Waals surface area (Å²) in [5, 5.41) is 6.78. The van der Waals surface area contributed by atoms with Gasteiger partial charge in [0, 0.05) is 18.0 Å². The first-order valence-corrected chi connectivity index (χ1v) is 7.68. The molecule has 1 heterocycles. The summed E-state index contributed by atoms with van der Waals surface area (Å²) in [5.74, 6) is 0.596. The lowest BCUT2D eigenvalue weighted by molar-refractivity contribution is 0.563. The Kier molecular flexibility index (Phi) is 4.72. The quantitative estimate of drug-likeness (QED) is 0.872. The van der Waals surface area contributed by atoms with Gasteiger partial charge in [0.2, 0.25) is 0 Å². The highest BCUT2D eigenvalue weighted by molar-refractivity contribution is 7.09. The number of nitrogens with zero attached hydrogens (tertiary/aromatic N) is 1. The lowest BCUT2D eigenvalue weighted by Crippen LogP contribution is -2.18. The van der Waals surface area contributed by atoms with Crippen molar-refractivity contribution in [1.29, 1.82) is 0 Å². The van der Waals surface area contributed by atoms with Crippen molar-refractivity contribution in [1.82, 2.24) is 10.3 Å². The van der Waals surface area contributed by atoms with E-state index < -0.39 is 0 Å². The van der Waals surface area contributed by atoms with E-state index in [0.29, 0.717) is 12.0 Å². The Bertz CT molecular complexity index is 514. The number of benzene rings is 1. The molecule has 2 aromatic rings. The van der Waals surface area contributed by atoms with Crippen LogP contribution in [0.15, 0.2) is 29.6 Å². The lowest BCUT2D eigenvalue weighted by Gasteiger charge is -2.12. The van der Waals surface area contributed by atoms with Gasteiger partial charge in [0.05, 0.1) is 10.7 Å². The van der Waals surface area contributed by atoms with Crippen LogP contribution in [0, 0.1) is 6.92 Å². The summed E-state index contributed by atoms with van der Waals surface area (Å²) in [6.07, 6.45) is 0. The minimum atomic E-state index is 0.301. The fraction of sp³-hybridized carbons (Fsp3) is 0.438. The maximum atomic E-state index is 4.52. The number of thiazole rings is 1. The van der Waals surface area contributed by atoms with Crippen molar-refractivity contribution in [3.63, 3.8) is 0 Å².